The van der Waals surface area contributed by atoms with E-state index in [2.05, 4.69) is 0 Å². The summed E-state index contributed by atoms with van der Waals surface area (Å²) in [4.78, 5) is 0. The van der Waals surface area contributed by atoms with E-state index < -0.39 is 0 Å². The van der Waals surface area contributed by atoms with Crippen LogP contribution in [-0.4, -0.2) is 0 Å². The van der Waals surface area contributed by atoms with Gasteiger partial charge in [0.25, 0.3) is 0 Å². The average Bonchev–Trinajstić information content (AvgIpc) is 2.40. The second kappa shape index (κ2) is 5.88. The van der Waals surface area contributed by atoms with E-state index in [1.807, 2.05) is 6.07 Å². The average molecular weight is 292 g/mol. The molecule has 0 bridgehead atoms. The molecule has 0 heterocycles. The highest BCUT2D eigenvalue weighted by Crippen LogP contribution is 2.25. The Kier molecular flexibility index (Phi) is 4.21. The van der Waals surface area contributed by atoms with Crippen LogP contribution in [0.1, 0.15) is 11.1 Å². The first kappa shape index (κ1) is 13.6. The zero-order chi connectivity index (χ0) is 13.8. The Balaban J connectivity index is 2.44. The summed E-state index contributed by atoms with van der Waals surface area (Å²) in [6.07, 6.45) is 1.64. The highest BCUT2D eigenvalue weighted by atomic mass is 35.5. The van der Waals surface area contributed by atoms with E-state index in [-0.39, 0.29) is 5.82 Å². The third-order valence-electron chi connectivity index (χ3n) is 2.51. The molecule has 0 saturated carbocycles. The first-order valence-corrected chi connectivity index (χ1v) is 6.18. The zero-order valence-electron chi connectivity index (χ0n) is 9.70. The molecule has 0 saturated heterocycles. The van der Waals surface area contributed by atoms with Crippen LogP contribution in [0.3, 0.4) is 0 Å². The maximum atomic E-state index is 13.1. The van der Waals surface area contributed by atoms with Crippen LogP contribution in [-0.2, 0) is 0 Å². The summed E-state index contributed by atoms with van der Waals surface area (Å²) in [5, 5.41) is 10.0. The van der Waals surface area contributed by atoms with Gasteiger partial charge in [0.2, 0.25) is 0 Å². The second-order valence-corrected chi connectivity index (χ2v) is 4.67. The molecule has 0 spiro atoms. The van der Waals surface area contributed by atoms with Crippen molar-refractivity contribution < 1.29 is 4.39 Å². The third-order valence-corrected chi connectivity index (χ3v) is 3.25. The van der Waals surface area contributed by atoms with Gasteiger partial charge in [0.05, 0.1) is 21.7 Å². The van der Waals surface area contributed by atoms with Crippen LogP contribution in [0.5, 0.6) is 0 Å². The second-order valence-electron chi connectivity index (χ2n) is 3.85. The van der Waals surface area contributed by atoms with Gasteiger partial charge in [-0.25, -0.2) is 4.39 Å². The summed E-state index contributed by atoms with van der Waals surface area (Å²) in [6, 6.07) is 13.0. The molecule has 0 atom stereocenters. The van der Waals surface area contributed by atoms with Crippen molar-refractivity contribution in [3.63, 3.8) is 0 Å². The molecule has 0 aliphatic rings. The predicted molar refractivity (Wildman–Crippen MR) is 76.3 cm³/mol. The summed E-state index contributed by atoms with van der Waals surface area (Å²) in [7, 11) is 0. The summed E-state index contributed by atoms with van der Waals surface area (Å²) >= 11 is 11.7. The van der Waals surface area contributed by atoms with Crippen LogP contribution in [0.15, 0.2) is 42.5 Å². The van der Waals surface area contributed by atoms with Crippen molar-refractivity contribution in [3.05, 3.63) is 69.5 Å². The van der Waals surface area contributed by atoms with Crippen molar-refractivity contribution in [1.29, 1.82) is 5.26 Å². The summed E-state index contributed by atoms with van der Waals surface area (Å²) in [6.45, 7) is 0. The van der Waals surface area contributed by atoms with Gasteiger partial charge in [-0.2, -0.15) is 5.26 Å². The largest absolute Gasteiger partial charge is 0.207 e. The quantitative estimate of drug-likeness (QED) is 0.551. The molecule has 2 aromatic carbocycles. The van der Waals surface area contributed by atoms with Crippen LogP contribution in [0.4, 0.5) is 4.39 Å². The molecule has 0 aliphatic carbocycles. The van der Waals surface area contributed by atoms with E-state index in [1.54, 1.807) is 36.4 Å². The highest BCUT2D eigenvalue weighted by Gasteiger charge is 2.04. The summed E-state index contributed by atoms with van der Waals surface area (Å²) < 4.78 is 13.1. The van der Waals surface area contributed by atoms with Gasteiger partial charge in [-0.3, -0.25) is 0 Å². The third kappa shape index (κ3) is 3.35. The SMILES string of the molecule is N#C/C(=C/c1ccc(Cl)c(Cl)c1)c1cccc(F)c1. The van der Waals surface area contributed by atoms with Crippen molar-refractivity contribution in [1.82, 2.24) is 0 Å². The van der Waals surface area contributed by atoms with Crippen LogP contribution in [0, 0.1) is 17.1 Å². The van der Waals surface area contributed by atoms with E-state index in [9.17, 15) is 4.39 Å². The number of rotatable bonds is 2. The number of allylic oxidation sites excluding steroid dienone is 1. The zero-order valence-corrected chi connectivity index (χ0v) is 11.2. The fourth-order valence-electron chi connectivity index (χ4n) is 1.61. The fraction of sp³-hybridized carbons (Fsp3) is 0. The van der Waals surface area contributed by atoms with Gasteiger partial charge in [0.15, 0.2) is 0 Å². The smallest absolute Gasteiger partial charge is 0.123 e. The number of benzene rings is 2. The first-order valence-electron chi connectivity index (χ1n) is 5.43. The van der Waals surface area contributed by atoms with Gasteiger partial charge in [0, 0.05) is 0 Å². The molecule has 1 nitrogen and oxygen atoms in total. The van der Waals surface area contributed by atoms with Crippen LogP contribution < -0.4 is 0 Å². The van der Waals surface area contributed by atoms with Gasteiger partial charge < -0.3 is 0 Å². The molecule has 0 aliphatic heterocycles. The molecule has 0 aromatic heterocycles. The van der Waals surface area contributed by atoms with Crippen molar-refractivity contribution in [2.45, 2.75) is 0 Å². The number of nitrogens with zero attached hydrogens (tertiary/aromatic N) is 1. The lowest BCUT2D eigenvalue weighted by molar-refractivity contribution is 0.627. The molecule has 19 heavy (non-hydrogen) atoms. The molecular weight excluding hydrogens is 284 g/mol. The van der Waals surface area contributed by atoms with Crippen LogP contribution in [0.25, 0.3) is 11.6 Å². The van der Waals surface area contributed by atoms with Crippen molar-refractivity contribution in [2.75, 3.05) is 0 Å². The topological polar surface area (TPSA) is 23.8 Å². The van der Waals surface area contributed by atoms with E-state index >= 15 is 0 Å². The van der Waals surface area contributed by atoms with Crippen molar-refractivity contribution >= 4 is 34.9 Å². The Hall–Kier alpha value is -1.82. The molecule has 0 N–H and O–H groups in total. The van der Waals surface area contributed by atoms with E-state index in [0.717, 1.165) is 5.56 Å². The normalized spacial score (nSPS) is 11.2. The van der Waals surface area contributed by atoms with E-state index in [0.29, 0.717) is 21.2 Å². The maximum Gasteiger partial charge on any atom is 0.123 e. The summed E-state index contributed by atoms with van der Waals surface area (Å²) in [5.74, 6) is -0.382. The Labute approximate surface area is 120 Å². The first-order chi connectivity index (χ1) is 9.10. The van der Waals surface area contributed by atoms with Crippen molar-refractivity contribution in [3.8, 4) is 6.07 Å². The van der Waals surface area contributed by atoms with Gasteiger partial charge in [0.1, 0.15) is 5.82 Å². The minimum atomic E-state index is -0.382. The van der Waals surface area contributed by atoms with Gasteiger partial charge >= 0.3 is 0 Å². The lowest BCUT2D eigenvalue weighted by Crippen LogP contribution is -1.84. The molecule has 0 unspecified atom stereocenters. The molecule has 2 rings (SSSR count). The molecule has 4 heteroatoms. The van der Waals surface area contributed by atoms with Crippen molar-refractivity contribution in [2.24, 2.45) is 0 Å². The monoisotopic (exact) mass is 291 g/mol. The lowest BCUT2D eigenvalue weighted by atomic mass is 10.0. The maximum absolute atomic E-state index is 13.1. The Morgan fingerprint density at radius 2 is 1.89 bits per heavy atom. The van der Waals surface area contributed by atoms with Crippen LogP contribution >= 0.6 is 23.2 Å². The summed E-state index contributed by atoms with van der Waals surface area (Å²) in [5.41, 5.74) is 1.61. The molecule has 2 aromatic rings. The standard InChI is InChI=1S/C15H8Cl2FN/c16-14-5-4-10(7-15(14)17)6-12(9-19)11-2-1-3-13(18)8-11/h1-8H/b12-6-. The molecule has 0 fully saturated rings. The minimum absolute atomic E-state index is 0.359. The minimum Gasteiger partial charge on any atom is -0.207 e. The Morgan fingerprint density at radius 1 is 1.11 bits per heavy atom. The van der Waals surface area contributed by atoms with Gasteiger partial charge in [-0.15, -0.1) is 0 Å². The van der Waals surface area contributed by atoms with E-state index in [1.165, 1.54) is 12.1 Å². The lowest BCUT2D eigenvalue weighted by Gasteiger charge is -2.01. The molecule has 0 radical (unpaired) electrons. The van der Waals surface area contributed by atoms with Crippen LogP contribution in [0.2, 0.25) is 10.0 Å². The van der Waals surface area contributed by atoms with Gasteiger partial charge in [-0.05, 0) is 41.5 Å². The molecule has 94 valence electrons. The number of hydrogen-bond donors (Lipinski definition) is 0. The number of halogens is 3. The van der Waals surface area contributed by atoms with E-state index in [4.69, 9.17) is 28.5 Å². The Bertz CT molecular complexity index is 687. The highest BCUT2D eigenvalue weighted by molar-refractivity contribution is 6.42. The molecule has 0 amide bonds. The molecular formula is C15H8Cl2FN. The number of nitriles is 1. The van der Waals surface area contributed by atoms with Gasteiger partial charge in [-0.1, -0.05) is 41.4 Å². The predicted octanol–water partition coefficient (Wildman–Crippen LogP) is 5.20. The fourth-order valence-corrected chi connectivity index (χ4v) is 1.91. The Morgan fingerprint density at radius 3 is 2.53 bits per heavy atom. The number of hydrogen-bond acceptors (Lipinski definition) is 1.